The van der Waals surface area contributed by atoms with Gasteiger partial charge in [0.15, 0.2) is 5.41 Å². The molecule has 0 atom stereocenters. The Morgan fingerprint density at radius 2 is 1.57 bits per heavy atom. The molecule has 0 aliphatic rings. The Hall–Kier alpha value is -1.36. The Morgan fingerprint density at radius 1 is 1.05 bits per heavy atom. The summed E-state index contributed by atoms with van der Waals surface area (Å²) in [6.07, 6.45) is 0.992. The van der Waals surface area contributed by atoms with E-state index in [4.69, 9.17) is 9.47 Å². The van der Waals surface area contributed by atoms with E-state index >= 15 is 0 Å². The number of hydrogen-bond donors (Lipinski definition) is 0. The maximum absolute atomic E-state index is 12.6. The molecule has 1 aromatic carbocycles. The smallest absolute Gasteiger partial charge is 0.328 e. The highest BCUT2D eigenvalue weighted by atomic mass is 79.9. The molecule has 0 saturated carbocycles. The minimum Gasteiger partial charge on any atom is -0.465 e. The zero-order valence-corrected chi connectivity index (χ0v) is 14.2. The molecular formula is C16H21BrO4. The summed E-state index contributed by atoms with van der Waals surface area (Å²) in [4.78, 5) is 25.2. The lowest BCUT2D eigenvalue weighted by atomic mass is 9.76. The van der Waals surface area contributed by atoms with Crippen LogP contribution in [-0.2, 0) is 24.5 Å². The molecule has 21 heavy (non-hydrogen) atoms. The van der Waals surface area contributed by atoms with Crippen LogP contribution in [0, 0.1) is 0 Å². The molecule has 1 rings (SSSR count). The van der Waals surface area contributed by atoms with Gasteiger partial charge in [0.05, 0.1) is 13.2 Å². The molecule has 0 aromatic heterocycles. The van der Waals surface area contributed by atoms with Gasteiger partial charge in [0.25, 0.3) is 0 Å². The largest absolute Gasteiger partial charge is 0.465 e. The molecule has 0 aliphatic heterocycles. The van der Waals surface area contributed by atoms with Gasteiger partial charge in [-0.3, -0.25) is 9.59 Å². The first-order valence-corrected chi connectivity index (χ1v) is 7.93. The summed E-state index contributed by atoms with van der Waals surface area (Å²) in [6, 6.07) is 7.19. The van der Waals surface area contributed by atoms with Gasteiger partial charge in [-0.15, -0.1) is 0 Å². The molecule has 1 aromatic rings. The van der Waals surface area contributed by atoms with Crippen LogP contribution < -0.4 is 0 Å². The van der Waals surface area contributed by atoms with Crippen molar-refractivity contribution in [1.82, 2.24) is 0 Å². The number of ether oxygens (including phenoxy) is 2. The first kappa shape index (κ1) is 17.7. The van der Waals surface area contributed by atoms with Gasteiger partial charge < -0.3 is 9.47 Å². The van der Waals surface area contributed by atoms with E-state index in [2.05, 4.69) is 15.9 Å². The van der Waals surface area contributed by atoms with Gasteiger partial charge in [0, 0.05) is 4.47 Å². The van der Waals surface area contributed by atoms with Crippen molar-refractivity contribution in [2.45, 2.75) is 39.0 Å². The van der Waals surface area contributed by atoms with Gasteiger partial charge in [-0.1, -0.05) is 47.5 Å². The van der Waals surface area contributed by atoms with Crippen molar-refractivity contribution in [2.24, 2.45) is 0 Å². The molecular weight excluding hydrogens is 336 g/mol. The fourth-order valence-electron chi connectivity index (χ4n) is 2.33. The van der Waals surface area contributed by atoms with Crippen molar-refractivity contribution < 1.29 is 19.1 Å². The fourth-order valence-corrected chi connectivity index (χ4v) is 2.96. The summed E-state index contributed by atoms with van der Waals surface area (Å²) >= 11 is 3.43. The van der Waals surface area contributed by atoms with Gasteiger partial charge in [-0.05, 0) is 31.9 Å². The Morgan fingerprint density at radius 3 is 2.00 bits per heavy atom. The molecule has 0 N–H and O–H groups in total. The Balaban J connectivity index is 3.47. The molecule has 0 radical (unpaired) electrons. The Labute approximate surface area is 133 Å². The van der Waals surface area contributed by atoms with Crippen LogP contribution in [0.15, 0.2) is 28.7 Å². The average molecular weight is 357 g/mol. The Kier molecular flexibility index (Phi) is 6.89. The molecule has 0 amide bonds. The molecule has 0 bridgehead atoms. The van der Waals surface area contributed by atoms with Crippen LogP contribution in [0.3, 0.4) is 0 Å². The van der Waals surface area contributed by atoms with E-state index in [1.54, 1.807) is 32.0 Å². The van der Waals surface area contributed by atoms with Crippen LogP contribution in [0.1, 0.15) is 39.2 Å². The zero-order chi connectivity index (χ0) is 15.9. The summed E-state index contributed by atoms with van der Waals surface area (Å²) in [5.41, 5.74) is -0.829. The van der Waals surface area contributed by atoms with Gasteiger partial charge in [0.1, 0.15) is 0 Å². The molecule has 0 unspecified atom stereocenters. The number of rotatable bonds is 7. The molecule has 0 saturated heterocycles. The minimum atomic E-state index is -1.42. The molecule has 5 heteroatoms. The summed E-state index contributed by atoms with van der Waals surface area (Å²) < 4.78 is 11.0. The normalized spacial score (nSPS) is 11.0. The lowest BCUT2D eigenvalue weighted by Crippen LogP contribution is -2.46. The third-order valence-electron chi connectivity index (χ3n) is 3.21. The zero-order valence-electron chi connectivity index (χ0n) is 12.6. The quantitative estimate of drug-likeness (QED) is 0.553. The third-order valence-corrected chi connectivity index (χ3v) is 3.90. The van der Waals surface area contributed by atoms with E-state index in [9.17, 15) is 9.59 Å². The van der Waals surface area contributed by atoms with Gasteiger partial charge in [-0.2, -0.15) is 0 Å². The maximum Gasteiger partial charge on any atom is 0.328 e. The van der Waals surface area contributed by atoms with Crippen molar-refractivity contribution in [2.75, 3.05) is 13.2 Å². The highest BCUT2D eigenvalue weighted by Crippen LogP contribution is 2.37. The topological polar surface area (TPSA) is 52.6 Å². The second kappa shape index (κ2) is 8.17. The lowest BCUT2D eigenvalue weighted by Gasteiger charge is -2.30. The van der Waals surface area contributed by atoms with Crippen molar-refractivity contribution in [3.8, 4) is 0 Å². The SMILES string of the molecule is CCCC(C(=O)OCC)(C(=O)OCC)c1ccccc1Br. The average Bonchev–Trinajstić information content (AvgIpc) is 2.46. The minimum absolute atomic E-state index is 0.216. The fraction of sp³-hybridized carbons (Fsp3) is 0.500. The molecule has 0 spiro atoms. The van der Waals surface area contributed by atoms with Crippen LogP contribution in [0.2, 0.25) is 0 Å². The lowest BCUT2D eigenvalue weighted by molar-refractivity contribution is -0.165. The van der Waals surface area contributed by atoms with Crippen LogP contribution >= 0.6 is 15.9 Å². The highest BCUT2D eigenvalue weighted by molar-refractivity contribution is 9.10. The van der Waals surface area contributed by atoms with Gasteiger partial charge in [0.2, 0.25) is 0 Å². The van der Waals surface area contributed by atoms with Gasteiger partial charge >= 0.3 is 11.9 Å². The van der Waals surface area contributed by atoms with Crippen LogP contribution in [0.4, 0.5) is 0 Å². The molecule has 0 aliphatic carbocycles. The molecule has 116 valence electrons. The van der Waals surface area contributed by atoms with E-state index in [1.807, 2.05) is 13.0 Å². The second-order valence-corrected chi connectivity index (χ2v) is 5.43. The highest BCUT2D eigenvalue weighted by Gasteiger charge is 2.50. The van der Waals surface area contributed by atoms with E-state index < -0.39 is 17.4 Å². The van der Waals surface area contributed by atoms with E-state index in [0.29, 0.717) is 22.9 Å². The predicted molar refractivity (Wildman–Crippen MR) is 84.0 cm³/mol. The van der Waals surface area contributed by atoms with E-state index in [-0.39, 0.29) is 13.2 Å². The predicted octanol–water partition coefficient (Wildman–Crippen LogP) is 3.61. The van der Waals surface area contributed by atoms with Crippen LogP contribution in [-0.4, -0.2) is 25.2 Å². The van der Waals surface area contributed by atoms with Crippen molar-refractivity contribution >= 4 is 27.9 Å². The molecule has 0 fully saturated rings. The van der Waals surface area contributed by atoms with Crippen LogP contribution in [0.25, 0.3) is 0 Å². The monoisotopic (exact) mass is 356 g/mol. The van der Waals surface area contributed by atoms with Gasteiger partial charge in [-0.25, -0.2) is 0 Å². The first-order valence-electron chi connectivity index (χ1n) is 7.14. The molecule has 4 nitrogen and oxygen atoms in total. The summed E-state index contributed by atoms with van der Waals surface area (Å²) in [5, 5.41) is 0. The maximum atomic E-state index is 12.6. The van der Waals surface area contributed by atoms with Crippen molar-refractivity contribution in [3.05, 3.63) is 34.3 Å². The third kappa shape index (κ3) is 3.64. The summed E-state index contributed by atoms with van der Waals surface area (Å²) in [6.45, 7) is 5.80. The molecule has 0 heterocycles. The second-order valence-electron chi connectivity index (χ2n) is 4.58. The standard InChI is InChI=1S/C16H21BrO4/c1-4-11-16(14(18)20-5-2,15(19)21-6-3)12-9-7-8-10-13(12)17/h7-10H,4-6,11H2,1-3H3. The van der Waals surface area contributed by atoms with E-state index in [0.717, 1.165) is 0 Å². The number of halogens is 1. The summed E-state index contributed by atoms with van der Waals surface area (Å²) in [5.74, 6) is -1.12. The first-order chi connectivity index (χ1) is 10.0. The Bertz CT molecular complexity index is 481. The number of carbonyl (C=O) groups is 2. The number of hydrogen-bond acceptors (Lipinski definition) is 4. The number of carbonyl (C=O) groups excluding carboxylic acids is 2. The van der Waals surface area contributed by atoms with Crippen molar-refractivity contribution in [3.63, 3.8) is 0 Å². The van der Waals surface area contributed by atoms with Crippen molar-refractivity contribution in [1.29, 1.82) is 0 Å². The van der Waals surface area contributed by atoms with Crippen LogP contribution in [0.5, 0.6) is 0 Å². The van der Waals surface area contributed by atoms with E-state index in [1.165, 1.54) is 0 Å². The summed E-state index contributed by atoms with van der Waals surface area (Å²) in [7, 11) is 0. The number of esters is 2. The number of benzene rings is 1.